The molecule has 15 heteroatoms. The van der Waals surface area contributed by atoms with E-state index in [-0.39, 0.29) is 25.1 Å². The first-order valence-electron chi connectivity index (χ1n) is 13.3. The van der Waals surface area contributed by atoms with Crippen molar-refractivity contribution in [3.63, 3.8) is 0 Å². The lowest BCUT2D eigenvalue weighted by molar-refractivity contribution is -0.139. The van der Waals surface area contributed by atoms with Crippen LogP contribution in [0.25, 0.3) is 0 Å². The van der Waals surface area contributed by atoms with Gasteiger partial charge in [0.25, 0.3) is 0 Å². The summed E-state index contributed by atoms with van der Waals surface area (Å²) in [4.78, 5) is 85.3. The molecule has 0 radical (unpaired) electrons. The highest BCUT2D eigenvalue weighted by molar-refractivity contribution is 5.95. The standard InChI is InChI=1S/C27H39N5O10/c1-6-42-27(41)29-16(5)24(38)31-20(11-17-7-9-19(34)10-8-17)25(39)32-22(14(2)3)26(40)28-15(4)23(37)30-18(13-33)12-21(35)36/h7-10,13-16,18,20,22,34H,6,11-12H2,1-5H3,(H,28,40)(H,29,41)(H,30,37)(H,31,38)(H,32,39)(H,35,36)/t15-,16-,18-,20-,22-/m0/s1. The molecule has 1 aromatic rings. The van der Waals surface area contributed by atoms with E-state index in [0.29, 0.717) is 5.56 Å². The summed E-state index contributed by atoms with van der Waals surface area (Å²) in [6.07, 6.45) is -1.23. The Morgan fingerprint density at radius 2 is 1.38 bits per heavy atom. The van der Waals surface area contributed by atoms with Crippen molar-refractivity contribution < 1.29 is 48.5 Å². The SMILES string of the molecule is CCOC(=O)N[C@@H](C)C(=O)N[C@@H](Cc1ccc(O)cc1)C(=O)N[C@H](C(=O)N[C@@H](C)C(=O)N[C@H](C=O)CC(=O)O)C(C)C. The van der Waals surface area contributed by atoms with Crippen molar-refractivity contribution >= 4 is 42.0 Å². The molecule has 0 saturated heterocycles. The molecule has 1 aromatic carbocycles. The molecule has 0 saturated carbocycles. The third-order valence-corrected chi connectivity index (χ3v) is 5.90. The van der Waals surface area contributed by atoms with E-state index in [4.69, 9.17) is 9.84 Å². The zero-order chi connectivity index (χ0) is 32.0. The molecule has 0 aromatic heterocycles. The Kier molecular flexibility index (Phi) is 14.5. The highest BCUT2D eigenvalue weighted by Crippen LogP contribution is 2.12. The lowest BCUT2D eigenvalue weighted by atomic mass is 10.0. The Labute approximate surface area is 243 Å². The first-order chi connectivity index (χ1) is 19.7. The molecular weight excluding hydrogens is 554 g/mol. The molecule has 0 spiro atoms. The van der Waals surface area contributed by atoms with Gasteiger partial charge in [0.2, 0.25) is 23.6 Å². The van der Waals surface area contributed by atoms with Gasteiger partial charge in [-0.05, 0) is 44.4 Å². The van der Waals surface area contributed by atoms with Crippen LogP contribution in [-0.2, 0) is 39.9 Å². The molecule has 0 bridgehead atoms. The van der Waals surface area contributed by atoms with E-state index in [9.17, 15) is 38.7 Å². The maximum absolute atomic E-state index is 13.4. The van der Waals surface area contributed by atoms with Crippen LogP contribution in [0.4, 0.5) is 4.79 Å². The largest absolute Gasteiger partial charge is 0.508 e. The highest BCUT2D eigenvalue weighted by atomic mass is 16.5. The van der Waals surface area contributed by atoms with Crippen LogP contribution in [-0.4, -0.2) is 89.0 Å². The van der Waals surface area contributed by atoms with Gasteiger partial charge in [0.15, 0.2) is 0 Å². The molecular formula is C27H39N5O10. The summed E-state index contributed by atoms with van der Waals surface area (Å²) in [5.74, 6) is -4.78. The van der Waals surface area contributed by atoms with E-state index in [1.165, 1.54) is 26.0 Å². The molecule has 0 aliphatic heterocycles. The van der Waals surface area contributed by atoms with Crippen LogP contribution in [0, 0.1) is 5.92 Å². The van der Waals surface area contributed by atoms with E-state index in [1.807, 2.05) is 0 Å². The third kappa shape index (κ3) is 12.2. The Hall–Kier alpha value is -4.69. The average Bonchev–Trinajstić information content (AvgIpc) is 2.91. The van der Waals surface area contributed by atoms with Gasteiger partial charge in [-0.3, -0.25) is 24.0 Å². The molecule has 0 unspecified atom stereocenters. The number of benzene rings is 1. The molecule has 0 aliphatic rings. The summed E-state index contributed by atoms with van der Waals surface area (Å²) >= 11 is 0. The van der Waals surface area contributed by atoms with Gasteiger partial charge in [-0.15, -0.1) is 0 Å². The van der Waals surface area contributed by atoms with E-state index < -0.39 is 78.2 Å². The van der Waals surface area contributed by atoms with Gasteiger partial charge in [0.05, 0.1) is 19.1 Å². The van der Waals surface area contributed by atoms with Gasteiger partial charge in [0.1, 0.15) is 36.2 Å². The zero-order valence-electron chi connectivity index (χ0n) is 24.1. The van der Waals surface area contributed by atoms with Crippen molar-refractivity contribution in [2.75, 3.05) is 6.61 Å². The normalized spacial score (nSPS) is 14.2. The lowest BCUT2D eigenvalue weighted by Gasteiger charge is -2.27. The number of ether oxygens (including phenoxy) is 1. The Morgan fingerprint density at radius 3 is 1.90 bits per heavy atom. The topological polar surface area (TPSA) is 229 Å². The summed E-state index contributed by atoms with van der Waals surface area (Å²) in [6.45, 7) is 7.68. The predicted molar refractivity (Wildman–Crippen MR) is 148 cm³/mol. The van der Waals surface area contributed by atoms with Crippen molar-refractivity contribution in [1.82, 2.24) is 26.6 Å². The fraction of sp³-hybridized carbons (Fsp3) is 0.519. The average molecular weight is 594 g/mol. The van der Waals surface area contributed by atoms with Crippen LogP contribution >= 0.6 is 0 Å². The van der Waals surface area contributed by atoms with Crippen LogP contribution in [0.1, 0.15) is 46.6 Å². The van der Waals surface area contributed by atoms with Crippen molar-refractivity contribution in [2.45, 2.75) is 77.7 Å². The van der Waals surface area contributed by atoms with Gasteiger partial charge >= 0.3 is 12.1 Å². The number of carbonyl (C=O) groups is 7. The second-order valence-electron chi connectivity index (χ2n) is 9.83. The summed E-state index contributed by atoms with van der Waals surface area (Å²) in [5, 5.41) is 30.6. The molecule has 232 valence electrons. The maximum atomic E-state index is 13.4. The third-order valence-electron chi connectivity index (χ3n) is 5.90. The van der Waals surface area contributed by atoms with Crippen LogP contribution in [0.5, 0.6) is 5.75 Å². The first kappa shape index (κ1) is 35.3. The van der Waals surface area contributed by atoms with Crippen molar-refractivity contribution in [3.05, 3.63) is 29.8 Å². The number of alkyl carbamates (subject to hydrolysis) is 1. The van der Waals surface area contributed by atoms with Gasteiger partial charge in [0, 0.05) is 6.42 Å². The molecule has 15 nitrogen and oxygen atoms in total. The molecule has 0 fully saturated rings. The highest BCUT2D eigenvalue weighted by Gasteiger charge is 2.32. The molecule has 0 heterocycles. The van der Waals surface area contributed by atoms with Crippen LogP contribution < -0.4 is 26.6 Å². The number of amides is 5. The number of aliphatic carboxylic acids is 1. The number of hydrogen-bond acceptors (Lipinski definition) is 9. The van der Waals surface area contributed by atoms with E-state index >= 15 is 0 Å². The van der Waals surface area contributed by atoms with Crippen molar-refractivity contribution in [1.29, 1.82) is 0 Å². The number of carbonyl (C=O) groups excluding carboxylic acids is 6. The number of phenolic OH excluding ortho intramolecular Hbond substituents is 1. The van der Waals surface area contributed by atoms with Gasteiger partial charge in [-0.25, -0.2) is 4.79 Å². The maximum Gasteiger partial charge on any atom is 0.407 e. The monoisotopic (exact) mass is 593 g/mol. The summed E-state index contributed by atoms with van der Waals surface area (Å²) < 4.78 is 4.77. The quantitative estimate of drug-likeness (QED) is 0.120. The molecule has 7 N–H and O–H groups in total. The van der Waals surface area contributed by atoms with Gasteiger partial charge < -0.3 is 46.3 Å². The number of aldehydes is 1. The van der Waals surface area contributed by atoms with E-state index in [1.54, 1.807) is 32.9 Å². The molecule has 5 atom stereocenters. The Morgan fingerprint density at radius 1 is 0.810 bits per heavy atom. The molecule has 42 heavy (non-hydrogen) atoms. The van der Waals surface area contributed by atoms with E-state index in [0.717, 1.165) is 0 Å². The van der Waals surface area contributed by atoms with Crippen LogP contribution in [0.3, 0.4) is 0 Å². The van der Waals surface area contributed by atoms with Gasteiger partial charge in [-0.1, -0.05) is 26.0 Å². The first-order valence-corrected chi connectivity index (χ1v) is 13.3. The second-order valence-corrected chi connectivity index (χ2v) is 9.83. The number of phenols is 1. The number of nitrogens with one attached hydrogen (secondary N) is 5. The molecule has 1 rings (SSSR count). The Bertz CT molecular complexity index is 1120. The van der Waals surface area contributed by atoms with E-state index in [2.05, 4.69) is 26.6 Å². The lowest BCUT2D eigenvalue weighted by Crippen LogP contribution is -2.59. The number of carboxylic acids is 1. The zero-order valence-corrected chi connectivity index (χ0v) is 24.1. The number of hydrogen-bond donors (Lipinski definition) is 7. The number of carboxylic acid groups (broad SMARTS) is 1. The summed E-state index contributed by atoms with van der Waals surface area (Å²) in [5.41, 5.74) is 0.571. The summed E-state index contributed by atoms with van der Waals surface area (Å²) in [7, 11) is 0. The molecule has 5 amide bonds. The van der Waals surface area contributed by atoms with Crippen LogP contribution in [0.2, 0.25) is 0 Å². The minimum atomic E-state index is -1.30. The van der Waals surface area contributed by atoms with Crippen molar-refractivity contribution in [3.8, 4) is 5.75 Å². The smallest absolute Gasteiger partial charge is 0.407 e. The van der Waals surface area contributed by atoms with Crippen LogP contribution in [0.15, 0.2) is 24.3 Å². The fourth-order valence-corrected chi connectivity index (χ4v) is 3.58. The minimum Gasteiger partial charge on any atom is -0.508 e. The fourth-order valence-electron chi connectivity index (χ4n) is 3.58. The summed E-state index contributed by atoms with van der Waals surface area (Å²) in [6, 6.07) is -0.0274. The second kappa shape index (κ2) is 17.2. The number of aromatic hydroxyl groups is 1. The molecule has 0 aliphatic carbocycles. The number of rotatable bonds is 16. The van der Waals surface area contributed by atoms with Gasteiger partial charge in [-0.2, -0.15) is 0 Å². The minimum absolute atomic E-state index is 0.00633. The predicted octanol–water partition coefficient (Wildman–Crippen LogP) is -0.642. The Balaban J connectivity index is 3.05. The van der Waals surface area contributed by atoms with Crippen molar-refractivity contribution in [2.24, 2.45) is 5.92 Å².